The zero-order chi connectivity index (χ0) is 16.1. The zero-order valence-electron chi connectivity index (χ0n) is 12.5. The van der Waals surface area contributed by atoms with Gasteiger partial charge in [-0.2, -0.15) is 0 Å². The molecule has 0 fully saturated rings. The number of benzene rings is 1. The number of aliphatic hydroxyl groups is 1. The van der Waals surface area contributed by atoms with Gasteiger partial charge in [0.2, 0.25) is 0 Å². The van der Waals surface area contributed by atoms with Crippen LogP contribution >= 0.6 is 0 Å². The topological polar surface area (TPSA) is 41.5 Å². The normalized spacial score (nSPS) is 15.0. The number of nitrogens with one attached hydrogen (secondary N) is 1. The van der Waals surface area contributed by atoms with E-state index >= 15 is 0 Å². The Labute approximate surface area is 123 Å². The zero-order valence-corrected chi connectivity index (χ0v) is 12.5. The summed E-state index contributed by atoms with van der Waals surface area (Å²) in [5.41, 5.74) is 0.0258. The molecule has 0 saturated carbocycles. The fourth-order valence-electron chi connectivity index (χ4n) is 2.24. The van der Waals surface area contributed by atoms with Gasteiger partial charge in [-0.3, -0.25) is 0 Å². The van der Waals surface area contributed by atoms with Gasteiger partial charge in [0.15, 0.2) is 0 Å². The molecule has 1 aromatic rings. The number of hydrogen-bond donors (Lipinski definition) is 2. The van der Waals surface area contributed by atoms with E-state index in [0.29, 0.717) is 25.4 Å². The van der Waals surface area contributed by atoms with Gasteiger partial charge in [-0.25, -0.2) is 0 Å². The molecule has 0 heterocycles. The molecule has 3 nitrogen and oxygen atoms in total. The molecular weight excluding hydrogens is 283 g/mol. The first-order valence-electron chi connectivity index (χ1n) is 6.85. The first kappa shape index (κ1) is 17.8. The van der Waals surface area contributed by atoms with Gasteiger partial charge in [0, 0.05) is 13.1 Å². The van der Waals surface area contributed by atoms with E-state index < -0.39 is 12.0 Å². The van der Waals surface area contributed by atoms with Crippen LogP contribution in [-0.4, -0.2) is 23.6 Å². The molecule has 1 atom stereocenters. The van der Waals surface area contributed by atoms with Crippen molar-refractivity contribution in [3.8, 4) is 5.75 Å². The predicted octanol–water partition coefficient (Wildman–Crippen LogP) is 3.47. The van der Waals surface area contributed by atoms with Crippen LogP contribution in [0, 0.1) is 5.92 Å². The molecular formula is C15H22F3NO2. The molecule has 0 aliphatic heterocycles. The molecule has 120 valence electrons. The van der Waals surface area contributed by atoms with E-state index in [9.17, 15) is 18.3 Å². The van der Waals surface area contributed by atoms with Crippen LogP contribution in [0.25, 0.3) is 0 Å². The molecule has 0 spiro atoms. The molecule has 0 aliphatic carbocycles. The molecule has 0 aromatic heterocycles. The van der Waals surface area contributed by atoms with E-state index in [2.05, 4.69) is 10.1 Å². The molecule has 2 N–H and O–H groups in total. The highest BCUT2D eigenvalue weighted by molar-refractivity contribution is 5.27. The van der Waals surface area contributed by atoms with Crippen molar-refractivity contribution in [1.29, 1.82) is 0 Å². The summed E-state index contributed by atoms with van der Waals surface area (Å²) in [5.74, 6) is 0.152. The molecule has 0 radical (unpaired) electrons. The van der Waals surface area contributed by atoms with Crippen molar-refractivity contribution >= 4 is 0 Å². The summed E-state index contributed by atoms with van der Waals surface area (Å²) in [4.78, 5) is 0. The minimum absolute atomic E-state index is 0.238. The first-order chi connectivity index (χ1) is 9.57. The van der Waals surface area contributed by atoms with Gasteiger partial charge in [0.1, 0.15) is 5.75 Å². The fourth-order valence-corrected chi connectivity index (χ4v) is 2.24. The summed E-state index contributed by atoms with van der Waals surface area (Å²) in [6.45, 7) is 6.73. The van der Waals surface area contributed by atoms with Crippen LogP contribution in [-0.2, 0) is 6.54 Å². The predicted molar refractivity (Wildman–Crippen MR) is 74.9 cm³/mol. The summed E-state index contributed by atoms with van der Waals surface area (Å²) in [6.07, 6.45) is -3.99. The van der Waals surface area contributed by atoms with Gasteiger partial charge < -0.3 is 15.2 Å². The Hall–Kier alpha value is -1.27. The van der Waals surface area contributed by atoms with Crippen LogP contribution < -0.4 is 10.1 Å². The van der Waals surface area contributed by atoms with E-state index in [4.69, 9.17) is 0 Å². The highest BCUT2D eigenvalue weighted by Crippen LogP contribution is 2.22. The largest absolute Gasteiger partial charge is 0.573 e. The Morgan fingerprint density at radius 2 is 1.76 bits per heavy atom. The maximum absolute atomic E-state index is 12.0. The number of rotatable bonds is 7. The van der Waals surface area contributed by atoms with E-state index in [-0.39, 0.29) is 5.75 Å². The second-order valence-electron chi connectivity index (χ2n) is 5.89. The summed E-state index contributed by atoms with van der Waals surface area (Å²) in [7, 11) is 0. The van der Waals surface area contributed by atoms with Crippen molar-refractivity contribution in [2.75, 3.05) is 6.54 Å². The molecule has 0 amide bonds. The average Bonchev–Trinajstić information content (AvgIpc) is 2.27. The number of ether oxygens (including phenoxy) is 1. The lowest BCUT2D eigenvalue weighted by Gasteiger charge is -2.25. The van der Waals surface area contributed by atoms with Crippen molar-refractivity contribution in [1.82, 2.24) is 5.32 Å². The van der Waals surface area contributed by atoms with Gasteiger partial charge in [-0.15, -0.1) is 13.2 Å². The molecule has 1 aromatic carbocycles. The van der Waals surface area contributed by atoms with E-state index in [1.54, 1.807) is 19.1 Å². The van der Waals surface area contributed by atoms with Crippen molar-refractivity contribution in [2.45, 2.75) is 45.7 Å². The lowest BCUT2D eigenvalue weighted by atomic mass is 9.94. The second kappa shape index (κ2) is 7.13. The molecule has 0 saturated heterocycles. The average molecular weight is 305 g/mol. The van der Waals surface area contributed by atoms with Gasteiger partial charge in [0.05, 0.1) is 5.60 Å². The smallest absolute Gasteiger partial charge is 0.406 e. The van der Waals surface area contributed by atoms with Gasteiger partial charge in [-0.1, -0.05) is 26.0 Å². The van der Waals surface area contributed by atoms with Crippen LogP contribution in [0.5, 0.6) is 5.75 Å². The monoisotopic (exact) mass is 305 g/mol. The summed E-state index contributed by atoms with van der Waals surface area (Å²) in [5, 5.41) is 13.2. The highest BCUT2D eigenvalue weighted by atomic mass is 19.4. The number of halogens is 3. The number of alkyl halides is 3. The Morgan fingerprint density at radius 1 is 1.19 bits per heavy atom. The van der Waals surface area contributed by atoms with Crippen molar-refractivity contribution < 1.29 is 23.0 Å². The number of hydrogen-bond acceptors (Lipinski definition) is 3. The maximum atomic E-state index is 12.0. The first-order valence-corrected chi connectivity index (χ1v) is 6.85. The quantitative estimate of drug-likeness (QED) is 0.810. The molecule has 6 heteroatoms. The van der Waals surface area contributed by atoms with Crippen LogP contribution in [0.2, 0.25) is 0 Å². The minimum Gasteiger partial charge on any atom is -0.406 e. The van der Waals surface area contributed by atoms with Crippen molar-refractivity contribution in [2.24, 2.45) is 5.92 Å². The van der Waals surface area contributed by atoms with Gasteiger partial charge >= 0.3 is 6.36 Å². The van der Waals surface area contributed by atoms with Crippen LogP contribution in [0.4, 0.5) is 13.2 Å². The summed E-state index contributed by atoms with van der Waals surface area (Å²) < 4.78 is 39.9. The molecule has 1 rings (SSSR count). The van der Waals surface area contributed by atoms with E-state index in [1.165, 1.54) is 12.1 Å². The summed E-state index contributed by atoms with van der Waals surface area (Å²) >= 11 is 0. The van der Waals surface area contributed by atoms with Crippen molar-refractivity contribution in [3.63, 3.8) is 0 Å². The van der Waals surface area contributed by atoms with Gasteiger partial charge in [-0.05, 0) is 37.0 Å². The SMILES string of the molecule is CC(C)CC(C)(O)CNCc1ccc(OC(F)(F)F)cc1. The Morgan fingerprint density at radius 3 is 2.24 bits per heavy atom. The third-order valence-electron chi connectivity index (χ3n) is 2.84. The summed E-state index contributed by atoms with van der Waals surface area (Å²) in [6, 6.07) is 5.67. The molecule has 0 bridgehead atoms. The fraction of sp³-hybridized carbons (Fsp3) is 0.600. The van der Waals surface area contributed by atoms with Crippen LogP contribution in [0.3, 0.4) is 0 Å². The van der Waals surface area contributed by atoms with E-state index in [0.717, 1.165) is 5.56 Å². The standard InChI is InChI=1S/C15H22F3NO2/c1-11(2)8-14(3,20)10-19-9-12-4-6-13(7-5-12)21-15(16,17)18/h4-7,11,19-20H,8-10H2,1-3H3. The van der Waals surface area contributed by atoms with Crippen LogP contribution in [0.1, 0.15) is 32.8 Å². The second-order valence-corrected chi connectivity index (χ2v) is 5.89. The minimum atomic E-state index is -4.67. The lowest BCUT2D eigenvalue weighted by molar-refractivity contribution is -0.274. The third kappa shape index (κ3) is 7.92. The van der Waals surface area contributed by atoms with Crippen LogP contribution in [0.15, 0.2) is 24.3 Å². The lowest BCUT2D eigenvalue weighted by Crippen LogP contribution is -2.38. The Kier molecular flexibility index (Phi) is 6.04. The molecule has 1 unspecified atom stereocenters. The van der Waals surface area contributed by atoms with Gasteiger partial charge in [0.25, 0.3) is 0 Å². The third-order valence-corrected chi connectivity index (χ3v) is 2.84. The van der Waals surface area contributed by atoms with Crippen molar-refractivity contribution in [3.05, 3.63) is 29.8 Å². The maximum Gasteiger partial charge on any atom is 0.573 e. The Balaban J connectivity index is 2.43. The Bertz CT molecular complexity index is 428. The highest BCUT2D eigenvalue weighted by Gasteiger charge is 2.30. The van der Waals surface area contributed by atoms with E-state index in [1.807, 2.05) is 13.8 Å². The molecule has 0 aliphatic rings. The molecule has 21 heavy (non-hydrogen) atoms.